The van der Waals surface area contributed by atoms with Crippen molar-refractivity contribution in [3.63, 3.8) is 0 Å². The molecular formula is C19H18F3N3O6S. The summed E-state index contributed by atoms with van der Waals surface area (Å²) >= 11 is 0. The molecule has 0 aromatic heterocycles. The third-order valence-electron chi connectivity index (χ3n) is 4.68. The second kappa shape index (κ2) is 9.12. The topological polar surface area (TPSA) is 128 Å². The van der Waals surface area contributed by atoms with Gasteiger partial charge in [-0.3, -0.25) is 14.9 Å². The molecule has 0 radical (unpaired) electrons. The first-order chi connectivity index (χ1) is 15.0. The van der Waals surface area contributed by atoms with E-state index in [1.54, 1.807) is 24.3 Å². The lowest BCUT2D eigenvalue weighted by Gasteiger charge is -2.13. The fourth-order valence-electron chi connectivity index (χ4n) is 3.08. The molecule has 0 aliphatic carbocycles. The molecule has 13 heteroatoms. The number of ether oxygens (including phenoxy) is 1. The average Bonchev–Trinajstić information content (AvgIpc) is 3.26. The molecule has 1 saturated heterocycles. The molecule has 9 nitrogen and oxygen atoms in total. The van der Waals surface area contributed by atoms with Crippen molar-refractivity contribution in [1.29, 1.82) is 0 Å². The van der Waals surface area contributed by atoms with E-state index in [0.29, 0.717) is 36.4 Å². The number of alkyl halides is 3. The molecule has 2 aromatic carbocycles. The second-order valence-corrected chi connectivity index (χ2v) is 8.87. The summed E-state index contributed by atoms with van der Waals surface area (Å²) in [5.74, 6) is -0.287. The highest BCUT2D eigenvalue weighted by molar-refractivity contribution is 7.92. The normalized spacial score (nSPS) is 16.5. The SMILES string of the molecule is O=C(Nc1cccc(CNc2ccc(S(=O)(=O)C(F)(F)F)cc2[N+](=O)[O-])c1)C1CCCO1. The molecular weight excluding hydrogens is 455 g/mol. The van der Waals surface area contributed by atoms with E-state index in [2.05, 4.69) is 10.6 Å². The van der Waals surface area contributed by atoms with E-state index in [9.17, 15) is 36.5 Å². The van der Waals surface area contributed by atoms with Crippen molar-refractivity contribution in [1.82, 2.24) is 0 Å². The summed E-state index contributed by atoms with van der Waals surface area (Å²) in [5, 5.41) is 16.7. The van der Waals surface area contributed by atoms with Crippen molar-refractivity contribution in [3.05, 3.63) is 58.1 Å². The first kappa shape index (κ1) is 23.5. The first-order valence-corrected chi connectivity index (χ1v) is 10.8. The van der Waals surface area contributed by atoms with Crippen LogP contribution in [-0.2, 0) is 25.9 Å². The summed E-state index contributed by atoms with van der Waals surface area (Å²) in [6.45, 7) is 0.541. The number of carbonyl (C=O) groups is 1. The zero-order valence-corrected chi connectivity index (χ0v) is 17.2. The molecule has 2 aromatic rings. The van der Waals surface area contributed by atoms with Gasteiger partial charge in [-0.2, -0.15) is 13.2 Å². The predicted molar refractivity (Wildman–Crippen MR) is 108 cm³/mol. The van der Waals surface area contributed by atoms with Crippen LogP contribution in [0.3, 0.4) is 0 Å². The number of hydrogen-bond acceptors (Lipinski definition) is 7. The molecule has 172 valence electrons. The molecule has 1 aliphatic rings. The molecule has 0 spiro atoms. The van der Waals surface area contributed by atoms with Gasteiger partial charge in [-0.15, -0.1) is 0 Å². The second-order valence-electron chi connectivity index (χ2n) is 6.93. The van der Waals surface area contributed by atoms with Gasteiger partial charge in [0.25, 0.3) is 21.4 Å². The van der Waals surface area contributed by atoms with E-state index in [1.807, 2.05) is 0 Å². The molecule has 1 amide bonds. The lowest BCUT2D eigenvalue weighted by atomic mass is 10.1. The molecule has 0 saturated carbocycles. The van der Waals surface area contributed by atoms with Gasteiger partial charge in [0.05, 0.1) is 9.82 Å². The summed E-state index contributed by atoms with van der Waals surface area (Å²) in [4.78, 5) is 21.2. The molecule has 3 rings (SSSR count). The zero-order valence-electron chi connectivity index (χ0n) is 16.4. The number of nitrogens with one attached hydrogen (secondary N) is 2. The Hall–Kier alpha value is -3.19. The van der Waals surface area contributed by atoms with Crippen molar-refractivity contribution in [2.75, 3.05) is 17.2 Å². The Balaban J connectivity index is 1.75. The van der Waals surface area contributed by atoms with Gasteiger partial charge in [0.2, 0.25) is 0 Å². The number of hydrogen-bond donors (Lipinski definition) is 2. The Morgan fingerprint density at radius 1 is 1.22 bits per heavy atom. The fourth-order valence-corrected chi connectivity index (χ4v) is 3.86. The number of amides is 1. The van der Waals surface area contributed by atoms with Crippen LogP contribution in [0, 0.1) is 10.1 Å². The largest absolute Gasteiger partial charge is 0.501 e. The number of benzene rings is 2. The maximum Gasteiger partial charge on any atom is 0.501 e. The van der Waals surface area contributed by atoms with Crippen molar-refractivity contribution in [2.45, 2.75) is 35.9 Å². The van der Waals surface area contributed by atoms with Gasteiger partial charge < -0.3 is 15.4 Å². The molecule has 1 atom stereocenters. The first-order valence-electron chi connectivity index (χ1n) is 9.34. The quantitative estimate of drug-likeness (QED) is 0.464. The fraction of sp³-hybridized carbons (Fsp3) is 0.316. The minimum absolute atomic E-state index is 0.0237. The number of anilines is 2. The Labute approximate surface area is 180 Å². The Morgan fingerprint density at radius 2 is 1.97 bits per heavy atom. The van der Waals surface area contributed by atoms with Gasteiger partial charge in [0, 0.05) is 24.9 Å². The van der Waals surface area contributed by atoms with Crippen molar-refractivity contribution in [2.24, 2.45) is 0 Å². The summed E-state index contributed by atoms with van der Waals surface area (Å²) in [6, 6.07) is 8.50. The minimum Gasteiger partial charge on any atom is -0.375 e. The smallest absolute Gasteiger partial charge is 0.375 e. The number of nitro benzene ring substituents is 1. The van der Waals surface area contributed by atoms with Gasteiger partial charge >= 0.3 is 5.51 Å². The standard InChI is InChI=1S/C19H18F3N3O6S/c20-19(21,22)32(29,30)14-6-7-15(16(10-14)25(27)28)23-11-12-3-1-4-13(9-12)24-18(26)17-5-2-8-31-17/h1,3-4,6-7,9-10,17,23H,2,5,8,11H2,(H,24,26). The molecule has 1 heterocycles. The number of nitrogens with zero attached hydrogens (tertiary/aromatic N) is 1. The number of rotatable bonds is 7. The van der Waals surface area contributed by atoms with Crippen LogP contribution in [0.1, 0.15) is 18.4 Å². The summed E-state index contributed by atoms with van der Waals surface area (Å²) in [6.07, 6.45) is 0.895. The van der Waals surface area contributed by atoms with E-state index < -0.39 is 37.0 Å². The van der Waals surface area contributed by atoms with Crippen LogP contribution in [0.2, 0.25) is 0 Å². The Kier molecular flexibility index (Phi) is 6.69. The van der Waals surface area contributed by atoms with Crippen LogP contribution in [-0.4, -0.2) is 37.5 Å². The van der Waals surface area contributed by atoms with Crippen LogP contribution in [0.4, 0.5) is 30.2 Å². The highest BCUT2D eigenvalue weighted by Gasteiger charge is 2.47. The van der Waals surface area contributed by atoms with Gasteiger partial charge in [0.15, 0.2) is 0 Å². The van der Waals surface area contributed by atoms with Crippen molar-refractivity contribution < 1.29 is 36.0 Å². The van der Waals surface area contributed by atoms with E-state index >= 15 is 0 Å². The van der Waals surface area contributed by atoms with E-state index in [-0.39, 0.29) is 18.1 Å². The number of sulfone groups is 1. The van der Waals surface area contributed by atoms with Crippen LogP contribution in [0.15, 0.2) is 47.4 Å². The van der Waals surface area contributed by atoms with Gasteiger partial charge in [-0.25, -0.2) is 8.42 Å². The van der Waals surface area contributed by atoms with Crippen LogP contribution in [0.5, 0.6) is 0 Å². The molecule has 1 aliphatic heterocycles. The van der Waals surface area contributed by atoms with Crippen molar-refractivity contribution >= 4 is 32.8 Å². The van der Waals surface area contributed by atoms with Gasteiger partial charge in [-0.05, 0) is 42.7 Å². The van der Waals surface area contributed by atoms with Crippen LogP contribution in [0.25, 0.3) is 0 Å². The number of nitro groups is 1. The average molecular weight is 473 g/mol. The molecule has 0 bridgehead atoms. The maximum absolute atomic E-state index is 12.7. The van der Waals surface area contributed by atoms with E-state index in [0.717, 1.165) is 12.5 Å². The lowest BCUT2D eigenvalue weighted by Crippen LogP contribution is -2.26. The van der Waals surface area contributed by atoms with Crippen LogP contribution < -0.4 is 10.6 Å². The van der Waals surface area contributed by atoms with Crippen molar-refractivity contribution in [3.8, 4) is 0 Å². The lowest BCUT2D eigenvalue weighted by molar-refractivity contribution is -0.384. The minimum atomic E-state index is -5.72. The zero-order chi connectivity index (χ0) is 23.5. The van der Waals surface area contributed by atoms with E-state index in [1.165, 1.54) is 0 Å². The highest BCUT2D eigenvalue weighted by atomic mass is 32.2. The number of halogens is 3. The molecule has 1 fully saturated rings. The third-order valence-corrected chi connectivity index (χ3v) is 6.16. The highest BCUT2D eigenvalue weighted by Crippen LogP contribution is 2.35. The summed E-state index contributed by atoms with van der Waals surface area (Å²) < 4.78 is 66.6. The van der Waals surface area contributed by atoms with Crippen LogP contribution >= 0.6 is 0 Å². The van der Waals surface area contributed by atoms with Gasteiger partial charge in [-0.1, -0.05) is 12.1 Å². The Morgan fingerprint density at radius 3 is 2.59 bits per heavy atom. The van der Waals surface area contributed by atoms with Gasteiger partial charge in [0.1, 0.15) is 11.8 Å². The molecule has 32 heavy (non-hydrogen) atoms. The third kappa shape index (κ3) is 5.16. The maximum atomic E-state index is 12.7. The summed E-state index contributed by atoms with van der Waals surface area (Å²) in [7, 11) is -5.72. The predicted octanol–water partition coefficient (Wildman–Crippen LogP) is 3.62. The molecule has 2 N–H and O–H groups in total. The molecule has 1 unspecified atom stereocenters. The van der Waals surface area contributed by atoms with E-state index in [4.69, 9.17) is 4.74 Å². The summed E-state index contributed by atoms with van der Waals surface area (Å²) in [5.41, 5.74) is -5.48. The Bertz CT molecular complexity index is 1130. The monoisotopic (exact) mass is 473 g/mol. The number of carbonyl (C=O) groups excluding carboxylic acids is 1.